The van der Waals surface area contributed by atoms with Crippen molar-refractivity contribution in [1.29, 1.82) is 0 Å². The van der Waals surface area contributed by atoms with E-state index in [1.807, 2.05) is 0 Å². The SMILES string of the molecule is CC(C)(C)OC(=O)NCCCOc1cccc(C(O)(C(=O)O)c2ccccc2)c1. The van der Waals surface area contributed by atoms with E-state index < -0.39 is 23.3 Å². The maximum absolute atomic E-state index is 11.9. The third-order valence-electron chi connectivity index (χ3n) is 4.01. The summed E-state index contributed by atoms with van der Waals surface area (Å²) in [4.78, 5) is 23.4. The number of hydrogen-bond acceptors (Lipinski definition) is 5. The molecule has 2 rings (SSSR count). The van der Waals surface area contributed by atoms with E-state index in [-0.39, 0.29) is 11.1 Å². The number of nitrogens with one attached hydrogen (secondary N) is 1. The van der Waals surface area contributed by atoms with E-state index in [0.29, 0.717) is 25.3 Å². The Balaban J connectivity index is 1.97. The molecule has 0 bridgehead atoms. The van der Waals surface area contributed by atoms with Crippen molar-refractivity contribution in [2.75, 3.05) is 13.2 Å². The Kier molecular flexibility index (Phi) is 7.23. The number of alkyl carbamates (subject to hydrolysis) is 1. The maximum Gasteiger partial charge on any atom is 0.407 e. The molecule has 0 heterocycles. The van der Waals surface area contributed by atoms with E-state index in [0.717, 1.165) is 0 Å². The second kappa shape index (κ2) is 9.43. The monoisotopic (exact) mass is 401 g/mol. The average molecular weight is 401 g/mol. The Morgan fingerprint density at radius 3 is 2.28 bits per heavy atom. The lowest BCUT2D eigenvalue weighted by atomic mass is 9.86. The molecule has 0 fully saturated rings. The fourth-order valence-electron chi connectivity index (χ4n) is 2.67. The summed E-state index contributed by atoms with van der Waals surface area (Å²) in [5.41, 5.74) is -2.29. The standard InChI is InChI=1S/C22H27NO6/c1-21(2,3)29-20(26)23-13-8-14-28-18-12-7-11-17(15-18)22(27,19(24)25)16-9-5-4-6-10-16/h4-7,9-12,15,27H,8,13-14H2,1-3H3,(H,23,26)(H,24,25). The molecule has 2 aromatic carbocycles. The Hall–Kier alpha value is -3.06. The number of benzene rings is 2. The smallest absolute Gasteiger partial charge is 0.407 e. The highest BCUT2D eigenvalue weighted by atomic mass is 16.6. The Labute approximate surface area is 170 Å². The van der Waals surface area contributed by atoms with Gasteiger partial charge in [0.2, 0.25) is 5.60 Å². The van der Waals surface area contributed by atoms with Crippen LogP contribution in [0.15, 0.2) is 54.6 Å². The van der Waals surface area contributed by atoms with E-state index in [1.165, 1.54) is 12.1 Å². The largest absolute Gasteiger partial charge is 0.494 e. The summed E-state index contributed by atoms with van der Waals surface area (Å²) in [6, 6.07) is 14.5. The van der Waals surface area contributed by atoms with Crippen molar-refractivity contribution >= 4 is 12.1 Å². The Bertz CT molecular complexity index is 831. The summed E-state index contributed by atoms with van der Waals surface area (Å²) >= 11 is 0. The number of amides is 1. The number of carbonyl (C=O) groups excluding carboxylic acids is 1. The van der Waals surface area contributed by atoms with Gasteiger partial charge in [-0.2, -0.15) is 0 Å². The first-order valence-corrected chi connectivity index (χ1v) is 9.34. The minimum Gasteiger partial charge on any atom is -0.494 e. The van der Waals surface area contributed by atoms with Crippen LogP contribution in [0.5, 0.6) is 5.75 Å². The van der Waals surface area contributed by atoms with Gasteiger partial charge in [-0.25, -0.2) is 9.59 Å². The van der Waals surface area contributed by atoms with Crippen LogP contribution in [0.25, 0.3) is 0 Å². The lowest BCUT2D eigenvalue weighted by molar-refractivity contribution is -0.155. The molecule has 7 heteroatoms. The molecular weight excluding hydrogens is 374 g/mol. The molecule has 0 aromatic heterocycles. The molecule has 1 amide bonds. The van der Waals surface area contributed by atoms with Crippen molar-refractivity contribution in [3.05, 3.63) is 65.7 Å². The van der Waals surface area contributed by atoms with Crippen molar-refractivity contribution in [3.8, 4) is 5.75 Å². The molecule has 0 spiro atoms. The summed E-state index contributed by atoms with van der Waals surface area (Å²) in [6.07, 6.45) is 0.0413. The molecule has 0 radical (unpaired) electrons. The first kappa shape index (κ1) is 22.2. The second-order valence-electron chi connectivity index (χ2n) is 7.54. The van der Waals surface area contributed by atoms with Crippen LogP contribution in [0.1, 0.15) is 38.3 Å². The summed E-state index contributed by atoms with van der Waals surface area (Å²) < 4.78 is 10.8. The number of carbonyl (C=O) groups is 2. The van der Waals surface area contributed by atoms with Crippen LogP contribution in [-0.4, -0.2) is 41.0 Å². The van der Waals surface area contributed by atoms with Gasteiger partial charge in [-0.3, -0.25) is 0 Å². The summed E-state index contributed by atoms with van der Waals surface area (Å²) in [6.45, 7) is 6.04. The fraction of sp³-hybridized carbons (Fsp3) is 0.364. The molecule has 2 aromatic rings. The summed E-state index contributed by atoms with van der Waals surface area (Å²) in [5, 5.41) is 23.2. The fourth-order valence-corrected chi connectivity index (χ4v) is 2.67. The van der Waals surface area contributed by atoms with Gasteiger partial charge in [-0.05, 0) is 44.9 Å². The molecule has 0 saturated heterocycles. The highest BCUT2D eigenvalue weighted by Gasteiger charge is 2.40. The zero-order valence-electron chi connectivity index (χ0n) is 16.8. The van der Waals surface area contributed by atoms with Crippen molar-refractivity contribution in [1.82, 2.24) is 5.32 Å². The van der Waals surface area contributed by atoms with Crippen LogP contribution < -0.4 is 10.1 Å². The van der Waals surface area contributed by atoms with Gasteiger partial charge >= 0.3 is 12.1 Å². The molecule has 0 aliphatic rings. The summed E-state index contributed by atoms with van der Waals surface area (Å²) in [7, 11) is 0. The quantitative estimate of drug-likeness (QED) is 0.586. The van der Waals surface area contributed by atoms with Crippen molar-refractivity contribution in [3.63, 3.8) is 0 Å². The zero-order chi connectivity index (χ0) is 21.5. The number of rotatable bonds is 8. The lowest BCUT2D eigenvalue weighted by Crippen LogP contribution is -2.36. The summed E-state index contributed by atoms with van der Waals surface area (Å²) in [5.74, 6) is -0.946. The predicted molar refractivity (Wildman–Crippen MR) is 108 cm³/mol. The van der Waals surface area contributed by atoms with E-state index in [4.69, 9.17) is 9.47 Å². The molecule has 29 heavy (non-hydrogen) atoms. The van der Waals surface area contributed by atoms with Crippen molar-refractivity contribution in [2.24, 2.45) is 0 Å². The molecule has 0 saturated carbocycles. The highest BCUT2D eigenvalue weighted by Crippen LogP contribution is 2.32. The van der Waals surface area contributed by atoms with Crippen LogP contribution >= 0.6 is 0 Å². The first-order chi connectivity index (χ1) is 13.6. The van der Waals surface area contributed by atoms with Crippen LogP contribution in [0.2, 0.25) is 0 Å². The first-order valence-electron chi connectivity index (χ1n) is 9.34. The lowest BCUT2D eigenvalue weighted by Gasteiger charge is -2.25. The van der Waals surface area contributed by atoms with Gasteiger partial charge in [0.25, 0.3) is 0 Å². The van der Waals surface area contributed by atoms with E-state index >= 15 is 0 Å². The molecule has 1 atom stereocenters. The number of ether oxygens (including phenoxy) is 2. The predicted octanol–water partition coefficient (Wildman–Crippen LogP) is 3.30. The number of hydrogen-bond donors (Lipinski definition) is 3. The Morgan fingerprint density at radius 1 is 1.00 bits per heavy atom. The van der Waals surface area contributed by atoms with Crippen molar-refractivity contribution < 1.29 is 29.3 Å². The number of aliphatic hydroxyl groups is 1. The van der Waals surface area contributed by atoms with Crippen LogP contribution in [0, 0.1) is 0 Å². The van der Waals surface area contributed by atoms with Crippen LogP contribution in [0.4, 0.5) is 4.79 Å². The van der Waals surface area contributed by atoms with Crippen LogP contribution in [-0.2, 0) is 15.1 Å². The second-order valence-corrected chi connectivity index (χ2v) is 7.54. The molecule has 7 nitrogen and oxygen atoms in total. The van der Waals surface area contributed by atoms with E-state index in [2.05, 4.69) is 5.32 Å². The van der Waals surface area contributed by atoms with Gasteiger partial charge < -0.3 is 25.0 Å². The average Bonchev–Trinajstić information content (AvgIpc) is 2.66. The third-order valence-corrected chi connectivity index (χ3v) is 4.01. The maximum atomic E-state index is 11.9. The van der Waals surface area contributed by atoms with E-state index in [9.17, 15) is 19.8 Å². The molecule has 1 unspecified atom stereocenters. The zero-order valence-corrected chi connectivity index (χ0v) is 16.8. The number of carboxylic acid groups (broad SMARTS) is 1. The number of aliphatic carboxylic acids is 1. The normalized spacial score (nSPS) is 13.2. The van der Waals surface area contributed by atoms with E-state index in [1.54, 1.807) is 63.2 Å². The molecule has 156 valence electrons. The topological polar surface area (TPSA) is 105 Å². The molecular formula is C22H27NO6. The minimum atomic E-state index is -2.18. The third kappa shape index (κ3) is 6.22. The van der Waals surface area contributed by atoms with Gasteiger partial charge in [-0.15, -0.1) is 0 Å². The van der Waals surface area contributed by atoms with Gasteiger partial charge in [0.1, 0.15) is 11.4 Å². The van der Waals surface area contributed by atoms with Gasteiger partial charge in [0.15, 0.2) is 0 Å². The minimum absolute atomic E-state index is 0.195. The van der Waals surface area contributed by atoms with Crippen molar-refractivity contribution in [2.45, 2.75) is 38.4 Å². The molecule has 0 aliphatic carbocycles. The van der Waals surface area contributed by atoms with Gasteiger partial charge in [0.05, 0.1) is 6.61 Å². The highest BCUT2D eigenvalue weighted by molar-refractivity contribution is 5.83. The molecule has 3 N–H and O–H groups in total. The Morgan fingerprint density at radius 2 is 1.66 bits per heavy atom. The number of carboxylic acids is 1. The van der Waals surface area contributed by atoms with Gasteiger partial charge in [0, 0.05) is 12.1 Å². The molecule has 0 aliphatic heterocycles. The van der Waals surface area contributed by atoms with Gasteiger partial charge in [-0.1, -0.05) is 42.5 Å². The van der Waals surface area contributed by atoms with Crippen LogP contribution in [0.3, 0.4) is 0 Å².